The van der Waals surface area contributed by atoms with Gasteiger partial charge < -0.3 is 15.4 Å². The molecule has 25 heavy (non-hydrogen) atoms. The Hall–Kier alpha value is -2.41. The molecule has 0 radical (unpaired) electrons. The highest BCUT2D eigenvalue weighted by Gasteiger charge is 2.32. The number of carbonyl (C=O) groups is 2. The molecule has 2 aromatic rings. The zero-order chi connectivity index (χ0) is 18.0. The Bertz CT molecular complexity index is 786. The molecule has 2 aromatic heterocycles. The minimum atomic E-state index is -0.219. The Labute approximate surface area is 150 Å². The van der Waals surface area contributed by atoms with Crippen LogP contribution in [0, 0.1) is 5.92 Å². The number of amides is 1. The summed E-state index contributed by atoms with van der Waals surface area (Å²) in [6.45, 7) is 0.181. The van der Waals surface area contributed by atoms with E-state index in [0.717, 1.165) is 16.1 Å². The molecule has 0 saturated carbocycles. The fourth-order valence-corrected chi connectivity index (χ4v) is 4.20. The van der Waals surface area contributed by atoms with Gasteiger partial charge in [0.05, 0.1) is 22.2 Å². The van der Waals surface area contributed by atoms with Crippen molar-refractivity contribution in [2.24, 2.45) is 5.92 Å². The molecule has 0 bridgehead atoms. The van der Waals surface area contributed by atoms with Gasteiger partial charge in [0.1, 0.15) is 6.61 Å². The first kappa shape index (κ1) is 17.4. The molecule has 1 amide bonds. The van der Waals surface area contributed by atoms with Crippen molar-refractivity contribution >= 4 is 28.2 Å². The Balaban J connectivity index is 1.68. The maximum absolute atomic E-state index is 12.4. The number of esters is 1. The van der Waals surface area contributed by atoms with E-state index in [-0.39, 0.29) is 24.4 Å². The summed E-state index contributed by atoms with van der Waals surface area (Å²) in [6.07, 6.45) is 3.58. The zero-order valence-electron chi connectivity index (χ0n) is 14.3. The van der Waals surface area contributed by atoms with Crippen LogP contribution >= 0.6 is 11.3 Å². The quantitative estimate of drug-likeness (QED) is 0.847. The lowest BCUT2D eigenvalue weighted by Crippen LogP contribution is -2.27. The first-order chi connectivity index (χ1) is 12.0. The van der Waals surface area contributed by atoms with Crippen molar-refractivity contribution in [1.82, 2.24) is 9.88 Å². The summed E-state index contributed by atoms with van der Waals surface area (Å²) >= 11 is 1.41. The number of ether oxygens (including phenoxy) is 1. The van der Waals surface area contributed by atoms with E-state index >= 15 is 0 Å². The summed E-state index contributed by atoms with van der Waals surface area (Å²) in [4.78, 5) is 31.4. The van der Waals surface area contributed by atoms with Crippen LogP contribution in [0.2, 0.25) is 0 Å². The van der Waals surface area contributed by atoms with Crippen molar-refractivity contribution in [2.45, 2.75) is 25.9 Å². The minimum Gasteiger partial charge on any atom is -0.459 e. The monoisotopic (exact) mass is 359 g/mol. The van der Waals surface area contributed by atoms with Crippen molar-refractivity contribution < 1.29 is 14.3 Å². The van der Waals surface area contributed by atoms with E-state index in [1.807, 2.05) is 18.2 Å². The third-order valence-corrected chi connectivity index (χ3v) is 5.42. The van der Waals surface area contributed by atoms with Crippen molar-refractivity contribution in [2.75, 3.05) is 19.8 Å². The highest BCUT2D eigenvalue weighted by molar-refractivity contribution is 7.16. The Kier molecular flexibility index (Phi) is 5.03. The largest absolute Gasteiger partial charge is 0.459 e. The lowest BCUT2D eigenvalue weighted by atomic mass is 9.87. The number of nitrogens with two attached hydrogens (primary N) is 1. The molecule has 1 aliphatic rings. The normalized spacial score (nSPS) is 16.2. The van der Waals surface area contributed by atoms with Gasteiger partial charge >= 0.3 is 5.97 Å². The predicted octanol–water partition coefficient (Wildman–Crippen LogP) is 2.28. The third-order valence-electron chi connectivity index (χ3n) is 4.33. The van der Waals surface area contributed by atoms with E-state index < -0.39 is 0 Å². The summed E-state index contributed by atoms with van der Waals surface area (Å²) in [5, 5.41) is 0.534. The van der Waals surface area contributed by atoms with Crippen LogP contribution in [0.25, 0.3) is 0 Å². The molecule has 0 saturated heterocycles. The van der Waals surface area contributed by atoms with Gasteiger partial charge in [-0.1, -0.05) is 6.07 Å². The van der Waals surface area contributed by atoms with Gasteiger partial charge in [-0.05, 0) is 37.0 Å². The summed E-state index contributed by atoms with van der Waals surface area (Å²) in [7, 11) is 3.43. The number of rotatable bonds is 4. The first-order valence-electron chi connectivity index (χ1n) is 8.15. The van der Waals surface area contributed by atoms with Crippen LogP contribution in [0.5, 0.6) is 0 Å². The van der Waals surface area contributed by atoms with Crippen molar-refractivity contribution in [3.63, 3.8) is 0 Å². The average molecular weight is 359 g/mol. The molecular weight excluding hydrogens is 338 g/mol. The number of aromatic nitrogens is 1. The second-order valence-electron chi connectivity index (χ2n) is 6.31. The molecule has 3 rings (SSSR count). The molecule has 1 unspecified atom stereocenters. The molecule has 0 aromatic carbocycles. The van der Waals surface area contributed by atoms with Gasteiger partial charge in [0.25, 0.3) is 5.91 Å². The van der Waals surface area contributed by atoms with E-state index in [1.54, 1.807) is 20.3 Å². The molecule has 0 fully saturated rings. The minimum absolute atomic E-state index is 0.0776. The molecule has 6 nitrogen and oxygen atoms in total. The molecule has 1 atom stereocenters. The van der Waals surface area contributed by atoms with E-state index in [9.17, 15) is 9.59 Å². The lowest BCUT2D eigenvalue weighted by molar-refractivity contribution is -0.150. The van der Waals surface area contributed by atoms with Crippen LogP contribution in [0.4, 0.5) is 5.00 Å². The number of nitrogens with zero attached hydrogens (tertiary/aromatic N) is 2. The van der Waals surface area contributed by atoms with Crippen molar-refractivity contribution in [1.29, 1.82) is 0 Å². The molecule has 132 valence electrons. The van der Waals surface area contributed by atoms with E-state index in [0.29, 0.717) is 29.8 Å². The summed E-state index contributed by atoms with van der Waals surface area (Å²) in [5.74, 6) is -0.494. The van der Waals surface area contributed by atoms with Gasteiger partial charge in [0.15, 0.2) is 0 Å². The summed E-state index contributed by atoms with van der Waals surface area (Å²) in [5.41, 5.74) is 8.39. The molecule has 2 heterocycles. The Morgan fingerprint density at radius 1 is 1.40 bits per heavy atom. The average Bonchev–Trinajstić information content (AvgIpc) is 2.94. The fourth-order valence-electron chi connectivity index (χ4n) is 3.01. The smallest absolute Gasteiger partial charge is 0.309 e. The van der Waals surface area contributed by atoms with Gasteiger partial charge in [-0.3, -0.25) is 14.6 Å². The SMILES string of the molecule is CN(C)C(=O)c1c(N)sc2c1CCC(C(=O)OCc1ccccn1)C2. The maximum atomic E-state index is 12.4. The van der Waals surface area contributed by atoms with Gasteiger partial charge in [-0.15, -0.1) is 11.3 Å². The summed E-state index contributed by atoms with van der Waals surface area (Å²) in [6, 6.07) is 5.51. The van der Waals surface area contributed by atoms with Crippen molar-refractivity contribution in [3.8, 4) is 0 Å². The predicted molar refractivity (Wildman–Crippen MR) is 96.3 cm³/mol. The number of thiophene rings is 1. The fraction of sp³-hybridized carbons (Fsp3) is 0.389. The zero-order valence-corrected chi connectivity index (χ0v) is 15.1. The molecular formula is C18H21N3O3S. The van der Waals surface area contributed by atoms with Crippen LogP contribution < -0.4 is 5.73 Å². The molecule has 1 aliphatic carbocycles. The van der Waals surface area contributed by atoms with Gasteiger partial charge in [-0.25, -0.2) is 0 Å². The standard InChI is InChI=1S/C18H21N3O3S/c1-21(2)17(22)15-13-7-6-11(9-14(13)25-16(15)19)18(23)24-10-12-5-3-4-8-20-12/h3-5,8,11H,6-7,9-10,19H2,1-2H3. The number of carbonyl (C=O) groups excluding carboxylic acids is 2. The number of pyridine rings is 1. The molecule has 7 heteroatoms. The first-order valence-corrected chi connectivity index (χ1v) is 8.97. The maximum Gasteiger partial charge on any atom is 0.309 e. The van der Waals surface area contributed by atoms with Crippen molar-refractivity contribution in [3.05, 3.63) is 46.1 Å². The number of hydrogen-bond donors (Lipinski definition) is 1. The van der Waals surface area contributed by atoms with Crippen LogP contribution in [-0.4, -0.2) is 35.9 Å². The Morgan fingerprint density at radius 2 is 2.20 bits per heavy atom. The van der Waals surface area contributed by atoms with Crippen LogP contribution in [0.1, 0.15) is 32.9 Å². The number of hydrogen-bond acceptors (Lipinski definition) is 6. The number of anilines is 1. The van der Waals surface area contributed by atoms with Gasteiger partial charge in [0.2, 0.25) is 0 Å². The third kappa shape index (κ3) is 3.66. The highest BCUT2D eigenvalue weighted by Crippen LogP contribution is 2.38. The lowest BCUT2D eigenvalue weighted by Gasteiger charge is -2.21. The second-order valence-corrected chi connectivity index (χ2v) is 7.45. The molecule has 0 aliphatic heterocycles. The topological polar surface area (TPSA) is 85.5 Å². The van der Waals surface area contributed by atoms with Crippen LogP contribution in [0.3, 0.4) is 0 Å². The van der Waals surface area contributed by atoms with E-state index in [4.69, 9.17) is 10.5 Å². The Morgan fingerprint density at radius 3 is 2.88 bits per heavy atom. The highest BCUT2D eigenvalue weighted by atomic mass is 32.1. The van der Waals surface area contributed by atoms with E-state index in [2.05, 4.69) is 4.98 Å². The van der Waals surface area contributed by atoms with Gasteiger partial charge in [0, 0.05) is 25.2 Å². The van der Waals surface area contributed by atoms with Gasteiger partial charge in [-0.2, -0.15) is 0 Å². The number of nitrogen functional groups attached to an aromatic ring is 1. The summed E-state index contributed by atoms with van der Waals surface area (Å²) < 4.78 is 5.40. The van der Waals surface area contributed by atoms with Crippen LogP contribution in [0.15, 0.2) is 24.4 Å². The molecule has 0 spiro atoms. The number of fused-ring (bicyclic) bond motifs is 1. The van der Waals surface area contributed by atoms with E-state index in [1.165, 1.54) is 16.2 Å². The molecule has 2 N–H and O–H groups in total. The van der Waals surface area contributed by atoms with Crippen LogP contribution in [-0.2, 0) is 29.0 Å². The second kappa shape index (κ2) is 7.23.